The lowest BCUT2D eigenvalue weighted by molar-refractivity contribution is 0.475. The molecule has 6 heteroatoms. The molecule has 2 heterocycles. The molecule has 2 aromatic heterocycles. The summed E-state index contributed by atoms with van der Waals surface area (Å²) in [5, 5.41) is 26.4. The van der Waals surface area contributed by atoms with Gasteiger partial charge in [0.2, 0.25) is 0 Å². The lowest BCUT2D eigenvalue weighted by Crippen LogP contribution is -2.02. The molecule has 1 aromatic carbocycles. The topological polar surface area (TPSA) is 112 Å². The smallest absolute Gasteiger partial charge is 0.142 e. The van der Waals surface area contributed by atoms with Gasteiger partial charge in [0.25, 0.3) is 0 Å². The highest BCUT2D eigenvalue weighted by atomic mass is 16.3. The Morgan fingerprint density at radius 3 is 2.87 bits per heavy atom. The van der Waals surface area contributed by atoms with Crippen LogP contribution in [0.25, 0.3) is 22.5 Å². The van der Waals surface area contributed by atoms with Crippen LogP contribution in [0, 0.1) is 18.3 Å². The Labute approximate surface area is 132 Å². The second-order valence-electron chi connectivity index (χ2n) is 5.64. The first-order valence-electron chi connectivity index (χ1n) is 7.15. The first kappa shape index (κ1) is 13.3. The van der Waals surface area contributed by atoms with E-state index in [-0.39, 0.29) is 11.6 Å². The molecule has 3 aromatic rings. The third-order valence-corrected chi connectivity index (χ3v) is 4.11. The molecule has 4 rings (SSSR count). The van der Waals surface area contributed by atoms with Crippen LogP contribution in [-0.2, 0) is 6.42 Å². The van der Waals surface area contributed by atoms with Crippen molar-refractivity contribution in [1.29, 1.82) is 5.26 Å². The monoisotopic (exact) mass is 303 g/mol. The highest BCUT2D eigenvalue weighted by Gasteiger charge is 2.28. The van der Waals surface area contributed by atoms with Gasteiger partial charge in [-0.1, -0.05) is 0 Å². The summed E-state index contributed by atoms with van der Waals surface area (Å²) in [6.07, 6.45) is 0.586. The van der Waals surface area contributed by atoms with E-state index in [0.29, 0.717) is 17.7 Å². The first-order chi connectivity index (χ1) is 11.1. The Kier molecular flexibility index (Phi) is 2.66. The maximum Gasteiger partial charge on any atom is 0.142 e. The highest BCUT2D eigenvalue weighted by Crippen LogP contribution is 2.43. The zero-order chi connectivity index (χ0) is 16.1. The molecule has 0 aliphatic heterocycles. The van der Waals surface area contributed by atoms with Gasteiger partial charge in [-0.25, -0.2) is 4.98 Å². The van der Waals surface area contributed by atoms with Crippen molar-refractivity contribution in [2.45, 2.75) is 13.3 Å². The van der Waals surface area contributed by atoms with E-state index in [1.54, 1.807) is 12.1 Å². The summed E-state index contributed by atoms with van der Waals surface area (Å²) in [4.78, 5) is 4.42. The molecule has 112 valence electrons. The Bertz CT molecular complexity index is 997. The summed E-state index contributed by atoms with van der Waals surface area (Å²) in [5.74, 6) is 0.407. The minimum Gasteiger partial charge on any atom is -0.508 e. The molecule has 23 heavy (non-hydrogen) atoms. The molecule has 0 saturated carbocycles. The number of hydrogen-bond acceptors (Lipinski definition) is 5. The number of phenols is 1. The van der Waals surface area contributed by atoms with Crippen molar-refractivity contribution in [1.82, 2.24) is 15.2 Å². The van der Waals surface area contributed by atoms with Crippen molar-refractivity contribution < 1.29 is 5.11 Å². The van der Waals surface area contributed by atoms with Crippen molar-refractivity contribution in [3.8, 4) is 34.3 Å². The van der Waals surface area contributed by atoms with Crippen LogP contribution in [0.5, 0.6) is 5.75 Å². The Morgan fingerprint density at radius 2 is 2.17 bits per heavy atom. The molecule has 0 atom stereocenters. The van der Waals surface area contributed by atoms with E-state index in [4.69, 9.17) is 5.73 Å². The van der Waals surface area contributed by atoms with Crippen molar-refractivity contribution in [2.75, 3.05) is 5.73 Å². The molecular weight excluding hydrogens is 290 g/mol. The maximum atomic E-state index is 9.71. The molecule has 0 bridgehead atoms. The number of H-pyrrole nitrogens is 1. The van der Waals surface area contributed by atoms with Crippen molar-refractivity contribution in [3.05, 3.63) is 46.6 Å². The molecule has 4 N–H and O–H groups in total. The maximum absolute atomic E-state index is 9.71. The average molecular weight is 303 g/mol. The van der Waals surface area contributed by atoms with Crippen molar-refractivity contribution >= 4 is 5.82 Å². The normalized spacial score (nSPS) is 11.8. The van der Waals surface area contributed by atoms with E-state index in [9.17, 15) is 10.4 Å². The fraction of sp³-hybridized carbons (Fsp3) is 0.118. The number of aromatic amines is 1. The van der Waals surface area contributed by atoms with Crippen LogP contribution >= 0.6 is 0 Å². The largest absolute Gasteiger partial charge is 0.508 e. The second kappa shape index (κ2) is 4.58. The average Bonchev–Trinajstić information content (AvgIpc) is 3.09. The van der Waals surface area contributed by atoms with Gasteiger partial charge < -0.3 is 10.8 Å². The number of nitrogen functional groups attached to an aromatic ring is 1. The van der Waals surface area contributed by atoms with Crippen LogP contribution < -0.4 is 5.73 Å². The molecular formula is C17H13N5O. The fourth-order valence-corrected chi connectivity index (χ4v) is 3.13. The lowest BCUT2D eigenvalue weighted by Gasteiger charge is -2.10. The number of aromatic hydroxyl groups is 1. The molecule has 0 fully saturated rings. The number of nitriles is 1. The van der Waals surface area contributed by atoms with Gasteiger partial charge in [0, 0.05) is 23.2 Å². The summed E-state index contributed by atoms with van der Waals surface area (Å²) in [6.45, 7) is 1.90. The SMILES string of the molecule is Cc1cc(-c2c(C#N)c(N)nc3c2Cc2cc(O)ccc2-3)n[nH]1. The van der Waals surface area contributed by atoms with Gasteiger partial charge in [-0.3, -0.25) is 5.10 Å². The molecule has 0 saturated heterocycles. The van der Waals surface area contributed by atoms with Gasteiger partial charge in [0.15, 0.2) is 0 Å². The summed E-state index contributed by atoms with van der Waals surface area (Å²) < 4.78 is 0. The van der Waals surface area contributed by atoms with Crippen molar-refractivity contribution in [2.24, 2.45) is 0 Å². The van der Waals surface area contributed by atoms with Crippen LogP contribution in [0.15, 0.2) is 24.3 Å². The van der Waals surface area contributed by atoms with Gasteiger partial charge in [-0.05, 0) is 42.3 Å². The van der Waals surface area contributed by atoms with Crippen LogP contribution in [0.2, 0.25) is 0 Å². The molecule has 0 amide bonds. The third kappa shape index (κ3) is 1.87. The minimum absolute atomic E-state index is 0.197. The number of pyridine rings is 1. The Hall–Kier alpha value is -3.33. The molecule has 0 radical (unpaired) electrons. The first-order valence-corrected chi connectivity index (χ1v) is 7.15. The van der Waals surface area contributed by atoms with Gasteiger partial charge in [-0.15, -0.1) is 0 Å². The number of nitrogens with one attached hydrogen (secondary N) is 1. The van der Waals surface area contributed by atoms with E-state index in [1.165, 1.54) is 0 Å². The molecule has 6 nitrogen and oxygen atoms in total. The predicted molar refractivity (Wildman–Crippen MR) is 85.6 cm³/mol. The molecule has 0 unspecified atom stereocenters. The Morgan fingerprint density at radius 1 is 1.35 bits per heavy atom. The van der Waals surface area contributed by atoms with Crippen LogP contribution in [-0.4, -0.2) is 20.3 Å². The number of nitrogens with two attached hydrogens (primary N) is 1. The number of phenolic OH excluding ortho intramolecular Hbond substituents is 1. The van der Waals surface area contributed by atoms with Gasteiger partial charge in [-0.2, -0.15) is 10.4 Å². The molecule has 1 aliphatic rings. The summed E-state index contributed by atoms with van der Waals surface area (Å²) in [5.41, 5.74) is 12.2. The van der Waals surface area contributed by atoms with Crippen LogP contribution in [0.4, 0.5) is 5.82 Å². The zero-order valence-electron chi connectivity index (χ0n) is 12.4. The van der Waals surface area contributed by atoms with E-state index >= 15 is 0 Å². The van der Waals surface area contributed by atoms with E-state index < -0.39 is 0 Å². The van der Waals surface area contributed by atoms with Crippen LogP contribution in [0.3, 0.4) is 0 Å². The van der Waals surface area contributed by atoms with Gasteiger partial charge >= 0.3 is 0 Å². The lowest BCUT2D eigenvalue weighted by atomic mass is 9.97. The second-order valence-corrected chi connectivity index (χ2v) is 5.64. The number of benzene rings is 1. The number of aryl methyl sites for hydroxylation is 1. The standard InChI is InChI=1S/C17H13N5O/c1-8-4-14(22-21-8)15-12-6-9-5-10(23)2-3-11(9)16(12)20-17(19)13(15)7-18/h2-5,23H,6H2,1H3,(H2,19,20)(H,21,22). The molecule has 1 aliphatic carbocycles. The number of fused-ring (bicyclic) bond motifs is 3. The number of rotatable bonds is 1. The van der Waals surface area contributed by atoms with Crippen molar-refractivity contribution in [3.63, 3.8) is 0 Å². The van der Waals surface area contributed by atoms with Gasteiger partial charge in [0.1, 0.15) is 23.2 Å². The van der Waals surface area contributed by atoms with Crippen LogP contribution in [0.1, 0.15) is 22.4 Å². The summed E-state index contributed by atoms with van der Waals surface area (Å²) in [7, 11) is 0. The van der Waals surface area contributed by atoms with E-state index in [0.717, 1.165) is 33.6 Å². The van der Waals surface area contributed by atoms with E-state index in [1.807, 2.05) is 19.1 Å². The van der Waals surface area contributed by atoms with E-state index in [2.05, 4.69) is 21.3 Å². The zero-order valence-corrected chi connectivity index (χ0v) is 12.4. The summed E-state index contributed by atoms with van der Waals surface area (Å²) >= 11 is 0. The fourth-order valence-electron chi connectivity index (χ4n) is 3.13. The third-order valence-electron chi connectivity index (χ3n) is 4.11. The highest BCUT2D eigenvalue weighted by molar-refractivity contribution is 5.87. The van der Waals surface area contributed by atoms with Gasteiger partial charge in [0.05, 0.1) is 11.4 Å². The number of aromatic nitrogens is 3. The Balaban J connectivity index is 2.05. The number of nitrogens with zero attached hydrogens (tertiary/aromatic N) is 3. The predicted octanol–water partition coefficient (Wildman–Crippen LogP) is 2.51. The minimum atomic E-state index is 0.197. The number of anilines is 1. The number of hydrogen-bond donors (Lipinski definition) is 3. The molecule has 0 spiro atoms. The quantitative estimate of drug-likeness (QED) is 0.500. The summed E-state index contributed by atoms with van der Waals surface area (Å²) in [6, 6.07) is 9.21.